The topological polar surface area (TPSA) is 41.1 Å². The molecule has 3 heterocycles. The molecule has 4 nitrogen and oxygen atoms in total. The van der Waals surface area contributed by atoms with Gasteiger partial charge in [-0.3, -0.25) is 9.88 Å². The van der Waals surface area contributed by atoms with Gasteiger partial charge in [-0.2, -0.15) is 0 Å². The van der Waals surface area contributed by atoms with Crippen molar-refractivity contribution in [3.8, 4) is 0 Å². The van der Waals surface area contributed by atoms with Gasteiger partial charge >= 0.3 is 0 Å². The molecule has 0 aromatic carbocycles. The molecule has 0 spiro atoms. The molecule has 1 aliphatic heterocycles. The Kier molecular flexibility index (Phi) is 5.92. The first-order valence-electron chi connectivity index (χ1n) is 8.57. The number of pyridine rings is 1. The van der Waals surface area contributed by atoms with Crippen LogP contribution in [-0.2, 0) is 6.54 Å². The van der Waals surface area contributed by atoms with Crippen LogP contribution in [0, 0.1) is 18.7 Å². The fourth-order valence-corrected chi connectivity index (χ4v) is 3.79. The number of nitrogens with zero attached hydrogens (tertiary/aromatic N) is 3. The van der Waals surface area contributed by atoms with E-state index in [1.165, 1.54) is 24.7 Å². The zero-order valence-corrected chi connectivity index (χ0v) is 15.2. The number of aryl methyl sites for hydroxylation is 1. The van der Waals surface area contributed by atoms with Crippen molar-refractivity contribution in [3.05, 3.63) is 45.9 Å². The third kappa shape index (κ3) is 4.82. The Labute approximate surface area is 147 Å². The van der Waals surface area contributed by atoms with Crippen molar-refractivity contribution in [2.45, 2.75) is 39.3 Å². The maximum Gasteiger partial charge on any atom is 0.141 e. The van der Waals surface area contributed by atoms with E-state index < -0.39 is 0 Å². The normalized spacial score (nSPS) is 18.0. The highest BCUT2D eigenvalue weighted by atomic mass is 32.1. The van der Waals surface area contributed by atoms with E-state index in [-0.39, 0.29) is 11.9 Å². The lowest BCUT2D eigenvalue weighted by molar-refractivity contribution is 0.172. The van der Waals surface area contributed by atoms with Crippen molar-refractivity contribution < 1.29 is 4.39 Å². The van der Waals surface area contributed by atoms with Crippen LogP contribution in [0.25, 0.3) is 0 Å². The van der Waals surface area contributed by atoms with Gasteiger partial charge in [-0.25, -0.2) is 9.37 Å². The average molecular weight is 348 g/mol. The van der Waals surface area contributed by atoms with E-state index in [2.05, 4.69) is 39.4 Å². The fraction of sp³-hybridized carbons (Fsp3) is 0.556. The third-order valence-electron chi connectivity index (χ3n) is 4.70. The molecule has 1 fully saturated rings. The van der Waals surface area contributed by atoms with Crippen molar-refractivity contribution in [1.82, 2.24) is 20.2 Å². The fourth-order valence-electron chi connectivity index (χ4n) is 3.19. The first kappa shape index (κ1) is 17.5. The van der Waals surface area contributed by atoms with Crippen LogP contribution < -0.4 is 5.32 Å². The van der Waals surface area contributed by atoms with Gasteiger partial charge in [-0.05, 0) is 63.9 Å². The van der Waals surface area contributed by atoms with Crippen LogP contribution >= 0.6 is 11.3 Å². The summed E-state index contributed by atoms with van der Waals surface area (Å²) in [6.07, 6.45) is 5.38. The van der Waals surface area contributed by atoms with Gasteiger partial charge in [0.05, 0.1) is 16.9 Å². The molecular formula is C18H25FN4S. The highest BCUT2D eigenvalue weighted by molar-refractivity contribution is 7.09. The predicted octanol–water partition coefficient (Wildman–Crippen LogP) is 3.55. The lowest BCUT2D eigenvalue weighted by Crippen LogP contribution is -2.37. The Balaban J connectivity index is 1.40. The average Bonchev–Trinajstić information content (AvgIpc) is 2.99. The number of aromatic nitrogens is 2. The van der Waals surface area contributed by atoms with Crippen molar-refractivity contribution in [2.75, 3.05) is 19.6 Å². The van der Waals surface area contributed by atoms with Gasteiger partial charge in [-0.15, -0.1) is 11.3 Å². The second kappa shape index (κ2) is 8.14. The van der Waals surface area contributed by atoms with Gasteiger partial charge in [0.25, 0.3) is 0 Å². The van der Waals surface area contributed by atoms with Crippen LogP contribution in [0.2, 0.25) is 0 Å². The molecule has 3 rings (SSSR count). The molecule has 1 atom stereocenters. The van der Waals surface area contributed by atoms with Crippen molar-refractivity contribution in [1.29, 1.82) is 0 Å². The van der Waals surface area contributed by atoms with Gasteiger partial charge in [0.1, 0.15) is 5.82 Å². The molecule has 0 amide bonds. The van der Waals surface area contributed by atoms with Gasteiger partial charge in [0.15, 0.2) is 0 Å². The van der Waals surface area contributed by atoms with Crippen LogP contribution in [0.3, 0.4) is 0 Å². The highest BCUT2D eigenvalue weighted by Gasteiger charge is 2.20. The van der Waals surface area contributed by atoms with E-state index in [1.54, 1.807) is 23.6 Å². The highest BCUT2D eigenvalue weighted by Crippen LogP contribution is 2.20. The first-order valence-corrected chi connectivity index (χ1v) is 9.45. The number of rotatable bonds is 6. The largest absolute Gasteiger partial charge is 0.310 e. The van der Waals surface area contributed by atoms with E-state index in [9.17, 15) is 4.39 Å². The summed E-state index contributed by atoms with van der Waals surface area (Å²) >= 11 is 1.72. The van der Waals surface area contributed by atoms with E-state index in [0.717, 1.165) is 36.8 Å². The van der Waals surface area contributed by atoms with Gasteiger partial charge in [-0.1, -0.05) is 0 Å². The minimum atomic E-state index is -0.272. The Morgan fingerprint density at radius 3 is 2.83 bits per heavy atom. The number of halogens is 1. The van der Waals surface area contributed by atoms with Gasteiger partial charge < -0.3 is 5.32 Å². The van der Waals surface area contributed by atoms with Crippen LogP contribution in [0.15, 0.2) is 23.8 Å². The zero-order valence-electron chi connectivity index (χ0n) is 14.3. The molecule has 24 heavy (non-hydrogen) atoms. The molecule has 0 unspecified atom stereocenters. The van der Waals surface area contributed by atoms with Crippen LogP contribution in [0.1, 0.15) is 42.1 Å². The van der Waals surface area contributed by atoms with Crippen LogP contribution in [0.4, 0.5) is 4.39 Å². The molecule has 1 saturated heterocycles. The van der Waals surface area contributed by atoms with Crippen LogP contribution in [-0.4, -0.2) is 34.5 Å². The summed E-state index contributed by atoms with van der Waals surface area (Å²) in [6.45, 7) is 8.31. The molecule has 1 aliphatic rings. The number of likely N-dealkylation sites (tertiary alicyclic amines) is 1. The van der Waals surface area contributed by atoms with Crippen molar-refractivity contribution in [2.24, 2.45) is 5.92 Å². The maximum atomic E-state index is 13.2. The number of hydrogen-bond acceptors (Lipinski definition) is 5. The second-order valence-corrected chi connectivity index (χ2v) is 7.71. The second-order valence-electron chi connectivity index (χ2n) is 6.64. The standard InChI is InChI=1S/C18H25FN4S/c1-13(16-7-17(19)10-20-9-16)21-8-15-3-5-23(6-4-15)11-18-12-24-14(2)22-18/h7,9-10,12-13,15,21H,3-6,8,11H2,1-2H3/t13-/m0/s1. The summed E-state index contributed by atoms with van der Waals surface area (Å²) < 4.78 is 13.2. The molecule has 130 valence electrons. The van der Waals surface area contributed by atoms with Crippen molar-refractivity contribution in [3.63, 3.8) is 0 Å². The van der Waals surface area contributed by atoms with E-state index in [1.807, 2.05) is 0 Å². The third-order valence-corrected chi connectivity index (χ3v) is 5.52. The van der Waals surface area contributed by atoms with Crippen molar-refractivity contribution >= 4 is 11.3 Å². The van der Waals surface area contributed by atoms with Gasteiger partial charge in [0, 0.05) is 24.2 Å². The number of thiazole rings is 1. The number of hydrogen-bond donors (Lipinski definition) is 1. The minimum Gasteiger partial charge on any atom is -0.310 e. The lowest BCUT2D eigenvalue weighted by atomic mass is 9.96. The SMILES string of the molecule is Cc1nc(CN2CCC(CN[C@@H](C)c3cncc(F)c3)CC2)cs1. The number of nitrogens with one attached hydrogen (secondary N) is 1. The van der Waals surface area contributed by atoms with Crippen LogP contribution in [0.5, 0.6) is 0 Å². The quantitative estimate of drug-likeness (QED) is 0.867. The maximum absolute atomic E-state index is 13.2. The predicted molar refractivity (Wildman–Crippen MR) is 95.5 cm³/mol. The summed E-state index contributed by atoms with van der Waals surface area (Å²) in [5.41, 5.74) is 2.10. The Hall–Kier alpha value is -1.37. The lowest BCUT2D eigenvalue weighted by Gasteiger charge is -2.32. The molecule has 0 radical (unpaired) electrons. The molecular weight excluding hydrogens is 323 g/mol. The first-order chi connectivity index (χ1) is 11.6. The summed E-state index contributed by atoms with van der Waals surface area (Å²) in [5, 5.41) is 6.84. The summed E-state index contributed by atoms with van der Waals surface area (Å²) in [5.74, 6) is 0.411. The van der Waals surface area contributed by atoms with Gasteiger partial charge in [0.2, 0.25) is 0 Å². The smallest absolute Gasteiger partial charge is 0.141 e. The molecule has 1 N–H and O–H groups in total. The summed E-state index contributed by atoms with van der Waals surface area (Å²) in [7, 11) is 0. The number of piperidine rings is 1. The summed E-state index contributed by atoms with van der Waals surface area (Å²) in [6, 6.07) is 1.69. The molecule has 0 aliphatic carbocycles. The summed E-state index contributed by atoms with van der Waals surface area (Å²) in [4.78, 5) is 11.0. The molecule has 0 bridgehead atoms. The monoisotopic (exact) mass is 348 g/mol. The molecule has 2 aromatic rings. The zero-order chi connectivity index (χ0) is 16.9. The minimum absolute atomic E-state index is 0.129. The molecule has 6 heteroatoms. The Bertz CT molecular complexity index is 652. The van der Waals surface area contributed by atoms with E-state index >= 15 is 0 Å². The Morgan fingerprint density at radius 1 is 1.38 bits per heavy atom. The molecule has 0 saturated carbocycles. The van der Waals surface area contributed by atoms with E-state index in [0.29, 0.717) is 5.92 Å². The van der Waals surface area contributed by atoms with E-state index in [4.69, 9.17) is 0 Å². The molecule has 2 aromatic heterocycles. The Morgan fingerprint density at radius 2 is 2.17 bits per heavy atom.